The van der Waals surface area contributed by atoms with Crippen LogP contribution in [0.2, 0.25) is 0 Å². The standard InChI is InChI=1S/C19H23N5O5S/c1-3-4-8-29-23-14(12-6-5-7-13(20)21-12)16(25)22-15-17(26)24-9-11(19(27)28)10(2)30-18(15)24/h5-7,9-10,15,18H,3-4,8H2,1-2H3,(H2,20,21)(H,22,25)(H,27,28)/t10?,15?,18-/m1/s1. The van der Waals surface area contributed by atoms with Crippen molar-refractivity contribution in [1.29, 1.82) is 0 Å². The molecule has 0 radical (unpaired) electrons. The highest BCUT2D eigenvalue weighted by Crippen LogP contribution is 2.40. The van der Waals surface area contributed by atoms with Crippen LogP contribution in [0.15, 0.2) is 35.1 Å². The van der Waals surface area contributed by atoms with Crippen molar-refractivity contribution in [2.75, 3.05) is 12.3 Å². The molecule has 1 aromatic heterocycles. The molecule has 3 atom stereocenters. The molecule has 2 unspecified atom stereocenters. The molecule has 1 saturated heterocycles. The minimum absolute atomic E-state index is 0.0831. The first-order valence-electron chi connectivity index (χ1n) is 9.49. The van der Waals surface area contributed by atoms with E-state index in [4.69, 9.17) is 10.6 Å². The molecular formula is C19H23N5O5S. The van der Waals surface area contributed by atoms with Gasteiger partial charge in [0.25, 0.3) is 11.8 Å². The van der Waals surface area contributed by atoms with Gasteiger partial charge in [0.15, 0.2) is 5.71 Å². The van der Waals surface area contributed by atoms with Crippen LogP contribution in [0.3, 0.4) is 0 Å². The highest BCUT2D eigenvalue weighted by atomic mass is 32.2. The number of β-lactam (4-membered cyclic amide) rings is 1. The molecule has 10 nitrogen and oxygen atoms in total. The second-order valence-corrected chi connectivity index (χ2v) is 8.29. The van der Waals surface area contributed by atoms with E-state index >= 15 is 0 Å². The quantitative estimate of drug-likeness (QED) is 0.237. The van der Waals surface area contributed by atoms with Crippen molar-refractivity contribution in [1.82, 2.24) is 15.2 Å². The Bertz CT molecular complexity index is 918. The number of anilines is 1. The third-order valence-electron chi connectivity index (χ3n) is 4.65. The highest BCUT2D eigenvalue weighted by Gasteiger charge is 2.51. The predicted molar refractivity (Wildman–Crippen MR) is 111 cm³/mol. The van der Waals surface area contributed by atoms with E-state index in [0.29, 0.717) is 6.61 Å². The first-order valence-corrected chi connectivity index (χ1v) is 10.4. The summed E-state index contributed by atoms with van der Waals surface area (Å²) in [5.41, 5.74) is 6.00. The fraction of sp³-hybridized carbons (Fsp3) is 0.421. The van der Waals surface area contributed by atoms with Gasteiger partial charge in [-0.15, -0.1) is 11.8 Å². The number of nitrogen functional groups attached to an aromatic ring is 1. The topological polar surface area (TPSA) is 147 Å². The Hall–Kier alpha value is -3.08. The van der Waals surface area contributed by atoms with Crippen molar-refractivity contribution in [3.05, 3.63) is 35.7 Å². The van der Waals surface area contributed by atoms with Gasteiger partial charge >= 0.3 is 5.97 Å². The van der Waals surface area contributed by atoms with Crippen LogP contribution in [-0.2, 0) is 19.2 Å². The maximum atomic E-state index is 12.9. The molecule has 2 amide bonds. The van der Waals surface area contributed by atoms with Crippen molar-refractivity contribution in [3.8, 4) is 0 Å². The Morgan fingerprint density at radius 3 is 2.87 bits per heavy atom. The molecule has 0 saturated carbocycles. The van der Waals surface area contributed by atoms with E-state index < -0.39 is 29.2 Å². The third kappa shape index (κ3) is 4.40. The molecule has 160 valence electrons. The maximum absolute atomic E-state index is 12.9. The molecule has 30 heavy (non-hydrogen) atoms. The lowest BCUT2D eigenvalue weighted by Gasteiger charge is -2.48. The van der Waals surface area contributed by atoms with Crippen molar-refractivity contribution in [3.63, 3.8) is 0 Å². The second kappa shape index (κ2) is 9.16. The summed E-state index contributed by atoms with van der Waals surface area (Å²) >= 11 is 1.30. The van der Waals surface area contributed by atoms with Gasteiger partial charge in [-0.3, -0.25) is 9.59 Å². The van der Waals surface area contributed by atoms with Gasteiger partial charge in [0.2, 0.25) is 0 Å². The van der Waals surface area contributed by atoms with Crippen LogP contribution >= 0.6 is 11.8 Å². The summed E-state index contributed by atoms with van der Waals surface area (Å²) in [6, 6.07) is 3.99. The molecular weight excluding hydrogens is 410 g/mol. The Morgan fingerprint density at radius 2 is 2.20 bits per heavy atom. The zero-order valence-corrected chi connectivity index (χ0v) is 17.4. The maximum Gasteiger partial charge on any atom is 0.334 e. The van der Waals surface area contributed by atoms with Gasteiger partial charge in [0.05, 0.1) is 5.57 Å². The number of carbonyl (C=O) groups excluding carboxylic acids is 2. The SMILES string of the molecule is CCCCON=C(C(=O)NC1C(=O)N2C=C(C(=O)O)C(C)S[C@H]12)c1cccc(N)n1. The molecule has 11 heteroatoms. The number of carboxylic acids is 1. The van der Waals surface area contributed by atoms with Gasteiger partial charge < -0.3 is 25.9 Å². The summed E-state index contributed by atoms with van der Waals surface area (Å²) in [6.45, 7) is 4.08. The number of aliphatic carboxylic acids is 1. The van der Waals surface area contributed by atoms with Gasteiger partial charge in [-0.25, -0.2) is 9.78 Å². The van der Waals surface area contributed by atoms with Gasteiger partial charge in [0.1, 0.15) is 29.5 Å². The number of nitrogens with two attached hydrogens (primary N) is 1. The van der Waals surface area contributed by atoms with Gasteiger partial charge in [-0.2, -0.15) is 0 Å². The summed E-state index contributed by atoms with van der Waals surface area (Å²) in [5.74, 6) is -1.86. The van der Waals surface area contributed by atoms with Crippen molar-refractivity contribution in [2.24, 2.45) is 5.16 Å². The van der Waals surface area contributed by atoms with Crippen LogP contribution in [0.5, 0.6) is 0 Å². The normalized spacial score (nSPS) is 23.2. The average Bonchev–Trinajstić information content (AvgIpc) is 2.71. The number of nitrogens with zero attached hydrogens (tertiary/aromatic N) is 3. The zero-order valence-electron chi connectivity index (χ0n) is 16.6. The minimum Gasteiger partial charge on any atom is -0.478 e. The number of oxime groups is 1. The number of hydrogen-bond acceptors (Lipinski definition) is 8. The largest absolute Gasteiger partial charge is 0.478 e. The number of rotatable bonds is 8. The lowest BCUT2D eigenvalue weighted by atomic mass is 10.1. The summed E-state index contributed by atoms with van der Waals surface area (Å²) in [4.78, 5) is 47.4. The number of carboxylic acid groups (broad SMARTS) is 1. The third-order valence-corrected chi connectivity index (χ3v) is 6.09. The monoisotopic (exact) mass is 433 g/mol. The van der Waals surface area contributed by atoms with E-state index in [1.54, 1.807) is 25.1 Å². The molecule has 4 N–H and O–H groups in total. The van der Waals surface area contributed by atoms with E-state index in [-0.39, 0.29) is 28.0 Å². The van der Waals surface area contributed by atoms with Gasteiger partial charge in [-0.05, 0) is 25.5 Å². The van der Waals surface area contributed by atoms with Gasteiger partial charge in [-0.1, -0.05) is 24.6 Å². The molecule has 1 aromatic rings. The molecule has 0 aliphatic carbocycles. The summed E-state index contributed by atoms with van der Waals surface area (Å²) in [5, 5.41) is 15.1. The second-order valence-electron chi connectivity index (χ2n) is 6.83. The molecule has 3 rings (SSSR count). The molecule has 0 aromatic carbocycles. The van der Waals surface area contributed by atoms with Crippen LogP contribution in [-0.4, -0.2) is 61.8 Å². The minimum atomic E-state index is -1.07. The van der Waals surface area contributed by atoms with E-state index in [9.17, 15) is 19.5 Å². The van der Waals surface area contributed by atoms with Crippen molar-refractivity contribution < 1.29 is 24.3 Å². The van der Waals surface area contributed by atoms with E-state index in [2.05, 4.69) is 15.5 Å². The highest BCUT2D eigenvalue weighted by molar-refractivity contribution is 8.00. The van der Waals surface area contributed by atoms with E-state index in [0.717, 1.165) is 12.8 Å². The molecule has 2 aliphatic rings. The predicted octanol–water partition coefficient (Wildman–Crippen LogP) is 0.942. The average molecular weight is 433 g/mol. The van der Waals surface area contributed by atoms with Crippen molar-refractivity contribution >= 4 is 41.1 Å². The fourth-order valence-electron chi connectivity index (χ4n) is 2.98. The zero-order chi connectivity index (χ0) is 21.8. The molecule has 0 spiro atoms. The lowest BCUT2D eigenvalue weighted by molar-refractivity contribution is -0.144. The van der Waals surface area contributed by atoms with Crippen LogP contribution in [0.1, 0.15) is 32.4 Å². The Balaban J connectivity index is 1.76. The fourth-order valence-corrected chi connectivity index (χ4v) is 4.35. The summed E-state index contributed by atoms with van der Waals surface area (Å²) < 4.78 is 0. The van der Waals surface area contributed by atoms with Crippen LogP contribution in [0, 0.1) is 0 Å². The molecule has 1 fully saturated rings. The van der Waals surface area contributed by atoms with Gasteiger partial charge in [0, 0.05) is 11.4 Å². The number of unbranched alkanes of at least 4 members (excludes halogenated alkanes) is 1. The Kier molecular flexibility index (Phi) is 6.60. The smallest absolute Gasteiger partial charge is 0.334 e. The number of nitrogens with one attached hydrogen (secondary N) is 1. The number of pyridine rings is 1. The molecule has 3 heterocycles. The summed E-state index contributed by atoms with van der Waals surface area (Å²) in [7, 11) is 0. The summed E-state index contributed by atoms with van der Waals surface area (Å²) in [6.07, 6.45) is 3.01. The first-order chi connectivity index (χ1) is 14.3. The van der Waals surface area contributed by atoms with E-state index in [1.165, 1.54) is 22.9 Å². The van der Waals surface area contributed by atoms with E-state index in [1.807, 2.05) is 6.92 Å². The van der Waals surface area contributed by atoms with Crippen LogP contribution < -0.4 is 11.1 Å². The number of fused-ring (bicyclic) bond motifs is 1. The number of amides is 2. The van der Waals surface area contributed by atoms with Crippen LogP contribution in [0.4, 0.5) is 5.82 Å². The first kappa shape index (κ1) is 21.6. The molecule has 2 aliphatic heterocycles. The van der Waals surface area contributed by atoms with Crippen molar-refractivity contribution in [2.45, 2.75) is 43.4 Å². The lowest BCUT2D eigenvalue weighted by Crippen LogP contribution is -2.69. The Morgan fingerprint density at radius 1 is 1.43 bits per heavy atom. The number of thioether (sulfide) groups is 1. The van der Waals surface area contributed by atoms with Crippen LogP contribution in [0.25, 0.3) is 0 Å². The number of hydrogen-bond donors (Lipinski definition) is 3. The number of aromatic nitrogens is 1. The number of carbonyl (C=O) groups is 3. The Labute approximate surface area is 177 Å². The molecule has 0 bridgehead atoms.